The number of para-hydroxylation sites is 1. The lowest BCUT2D eigenvalue weighted by atomic mass is 10.1. The zero-order chi connectivity index (χ0) is 21.2. The van der Waals surface area contributed by atoms with Crippen LogP contribution in [0.15, 0.2) is 69.5 Å². The smallest absolute Gasteiger partial charge is 0.271 e. The number of nitrogens with zero attached hydrogens (tertiary/aromatic N) is 4. The molecule has 0 saturated heterocycles. The molecule has 5 aromatic rings. The molecule has 0 fully saturated rings. The van der Waals surface area contributed by atoms with E-state index in [2.05, 4.69) is 26.6 Å². The van der Waals surface area contributed by atoms with Gasteiger partial charge in [-0.3, -0.25) is 9.20 Å². The first-order valence-corrected chi connectivity index (χ1v) is 12.2. The summed E-state index contributed by atoms with van der Waals surface area (Å²) < 4.78 is 4.05. The minimum Gasteiger partial charge on any atom is -0.288 e. The highest BCUT2D eigenvalue weighted by Crippen LogP contribution is 2.31. The van der Waals surface area contributed by atoms with Crippen molar-refractivity contribution in [3.05, 3.63) is 82.1 Å². The Hall–Kier alpha value is -2.72. The zero-order valence-electron chi connectivity index (χ0n) is 15.9. The van der Waals surface area contributed by atoms with E-state index in [-0.39, 0.29) is 5.91 Å². The molecule has 0 unspecified atom stereocenters. The van der Waals surface area contributed by atoms with E-state index in [9.17, 15) is 4.79 Å². The van der Waals surface area contributed by atoms with Gasteiger partial charge in [0.25, 0.3) is 5.91 Å². The van der Waals surface area contributed by atoms with E-state index in [1.54, 1.807) is 35.2 Å². The molecule has 3 heterocycles. The second-order valence-corrected chi connectivity index (χ2v) is 9.96. The van der Waals surface area contributed by atoms with Crippen molar-refractivity contribution in [3.63, 3.8) is 0 Å². The zero-order valence-corrected chi connectivity index (χ0v) is 19.1. The number of halogens is 1. The molecule has 1 amide bonds. The second-order valence-electron chi connectivity index (χ2n) is 6.48. The lowest BCUT2D eigenvalue weighted by Crippen LogP contribution is -2.17. The van der Waals surface area contributed by atoms with E-state index in [1.807, 2.05) is 46.3 Å². The molecule has 0 bridgehead atoms. The number of hydrogen-bond acceptors (Lipinski definition) is 7. The molecular weight excluding hydrogens is 470 g/mol. The Balaban J connectivity index is 1.19. The van der Waals surface area contributed by atoms with E-state index >= 15 is 0 Å². The molecule has 0 aliphatic heterocycles. The molecule has 0 aliphatic rings. The Morgan fingerprint density at radius 3 is 2.87 bits per heavy atom. The summed E-state index contributed by atoms with van der Waals surface area (Å²) in [5, 5.41) is 6.28. The fourth-order valence-corrected chi connectivity index (χ4v) is 5.93. The Labute approximate surface area is 194 Å². The summed E-state index contributed by atoms with van der Waals surface area (Å²) in [6.07, 6.45) is 3.35. The number of benzene rings is 2. The summed E-state index contributed by atoms with van der Waals surface area (Å²) in [5.74, 6) is 0.500. The van der Waals surface area contributed by atoms with Crippen molar-refractivity contribution >= 4 is 73.3 Å². The van der Waals surface area contributed by atoms with E-state index in [4.69, 9.17) is 11.6 Å². The van der Waals surface area contributed by atoms with Crippen LogP contribution in [0.2, 0.25) is 5.15 Å². The quantitative estimate of drug-likeness (QED) is 0.190. The predicted molar refractivity (Wildman–Crippen MR) is 129 cm³/mol. The molecule has 0 spiro atoms. The highest BCUT2D eigenvalue weighted by Gasteiger charge is 2.10. The number of thioether (sulfide) groups is 1. The van der Waals surface area contributed by atoms with Gasteiger partial charge in [-0.2, -0.15) is 5.10 Å². The Morgan fingerprint density at radius 2 is 2.03 bits per heavy atom. The van der Waals surface area contributed by atoms with Crippen molar-refractivity contribution < 1.29 is 4.79 Å². The standard InChI is InChI=1S/C21H14ClN5OS3/c22-18-16(27-9-10-29-20(27)25-18)11-23-26-19(28)14-7-5-13(6-8-14)12-30-21-24-15-3-1-2-4-17(15)31-21/h1-11H,12H2,(H,26,28)/b23-11+. The SMILES string of the molecule is O=C(N/N=C/c1c(Cl)nc2sccn12)c1ccc(CSc2nc3ccccc3s2)cc1. The van der Waals surface area contributed by atoms with Crippen molar-refractivity contribution in [2.45, 2.75) is 10.1 Å². The summed E-state index contributed by atoms with van der Waals surface area (Å²) in [7, 11) is 0. The number of carbonyl (C=O) groups is 1. The first-order valence-electron chi connectivity index (χ1n) is 9.19. The van der Waals surface area contributed by atoms with Crippen LogP contribution in [0.25, 0.3) is 15.2 Å². The number of rotatable bonds is 6. The van der Waals surface area contributed by atoms with Crippen LogP contribution in [-0.4, -0.2) is 26.5 Å². The molecule has 154 valence electrons. The summed E-state index contributed by atoms with van der Waals surface area (Å²) in [5.41, 5.74) is 5.84. The van der Waals surface area contributed by atoms with Crippen LogP contribution in [0.5, 0.6) is 0 Å². The molecule has 0 radical (unpaired) electrons. The lowest BCUT2D eigenvalue weighted by Gasteiger charge is -2.02. The molecule has 2 aromatic carbocycles. The first kappa shape index (κ1) is 20.2. The number of amides is 1. The number of hydrogen-bond donors (Lipinski definition) is 1. The summed E-state index contributed by atoms with van der Waals surface area (Å²) in [6.45, 7) is 0. The van der Waals surface area contributed by atoms with Crippen molar-refractivity contribution in [3.8, 4) is 0 Å². The van der Waals surface area contributed by atoms with Gasteiger partial charge in [-0.05, 0) is 29.8 Å². The van der Waals surface area contributed by atoms with Crippen LogP contribution in [0.1, 0.15) is 21.6 Å². The van der Waals surface area contributed by atoms with Crippen molar-refractivity contribution in [1.82, 2.24) is 19.8 Å². The Morgan fingerprint density at radius 1 is 1.19 bits per heavy atom. The van der Waals surface area contributed by atoms with Gasteiger partial charge in [0, 0.05) is 22.9 Å². The summed E-state index contributed by atoms with van der Waals surface area (Å²) in [6, 6.07) is 15.6. The molecule has 6 nitrogen and oxygen atoms in total. The summed E-state index contributed by atoms with van der Waals surface area (Å²) in [4.78, 5) is 22.0. The normalized spacial score (nSPS) is 11.6. The van der Waals surface area contributed by atoms with Crippen LogP contribution >= 0.6 is 46.0 Å². The monoisotopic (exact) mass is 483 g/mol. The van der Waals surface area contributed by atoms with Gasteiger partial charge in [0.1, 0.15) is 5.69 Å². The molecule has 0 saturated carbocycles. The van der Waals surface area contributed by atoms with Gasteiger partial charge in [0.15, 0.2) is 14.5 Å². The van der Waals surface area contributed by atoms with Gasteiger partial charge in [-0.15, -0.1) is 22.7 Å². The fourth-order valence-electron chi connectivity index (χ4n) is 2.92. The third-order valence-electron chi connectivity index (χ3n) is 4.46. The predicted octanol–water partition coefficient (Wildman–Crippen LogP) is 5.72. The fraction of sp³-hybridized carbons (Fsp3) is 0.0476. The van der Waals surface area contributed by atoms with Crippen LogP contribution in [-0.2, 0) is 5.75 Å². The molecule has 0 atom stereocenters. The molecular formula is C21H14ClN5OS3. The average Bonchev–Trinajstić information content (AvgIpc) is 3.48. The molecule has 0 aliphatic carbocycles. The minimum atomic E-state index is -0.288. The molecule has 31 heavy (non-hydrogen) atoms. The topological polar surface area (TPSA) is 71.7 Å². The van der Waals surface area contributed by atoms with E-state index in [0.717, 1.165) is 26.1 Å². The van der Waals surface area contributed by atoms with E-state index < -0.39 is 0 Å². The first-order chi connectivity index (χ1) is 15.2. The third kappa shape index (κ3) is 4.35. The Kier molecular flexibility index (Phi) is 5.73. The van der Waals surface area contributed by atoms with Gasteiger partial charge >= 0.3 is 0 Å². The van der Waals surface area contributed by atoms with Crippen LogP contribution in [0.3, 0.4) is 0 Å². The van der Waals surface area contributed by atoms with Crippen molar-refractivity contribution in [2.75, 3.05) is 0 Å². The van der Waals surface area contributed by atoms with E-state index in [0.29, 0.717) is 16.4 Å². The van der Waals surface area contributed by atoms with Crippen LogP contribution in [0.4, 0.5) is 0 Å². The van der Waals surface area contributed by atoms with E-state index in [1.165, 1.54) is 22.3 Å². The number of nitrogens with one attached hydrogen (secondary N) is 1. The van der Waals surface area contributed by atoms with Crippen LogP contribution < -0.4 is 5.43 Å². The molecule has 10 heteroatoms. The number of hydrazone groups is 1. The number of fused-ring (bicyclic) bond motifs is 2. The number of imidazole rings is 1. The minimum absolute atomic E-state index is 0.288. The highest BCUT2D eigenvalue weighted by molar-refractivity contribution is 8.00. The van der Waals surface area contributed by atoms with Crippen molar-refractivity contribution in [2.24, 2.45) is 5.10 Å². The van der Waals surface area contributed by atoms with Gasteiger partial charge in [0.2, 0.25) is 0 Å². The summed E-state index contributed by atoms with van der Waals surface area (Å²) >= 11 is 11.0. The largest absolute Gasteiger partial charge is 0.288 e. The lowest BCUT2D eigenvalue weighted by molar-refractivity contribution is 0.0955. The van der Waals surface area contributed by atoms with Crippen molar-refractivity contribution in [1.29, 1.82) is 0 Å². The average molecular weight is 484 g/mol. The molecule has 1 N–H and O–H groups in total. The number of thiazole rings is 2. The van der Waals surface area contributed by atoms with Gasteiger partial charge in [0.05, 0.1) is 16.4 Å². The maximum Gasteiger partial charge on any atom is 0.271 e. The number of aromatic nitrogens is 3. The molecule has 5 rings (SSSR count). The Bertz CT molecular complexity index is 1370. The number of carbonyl (C=O) groups excluding carboxylic acids is 1. The van der Waals surface area contributed by atoms with Crippen LogP contribution in [0, 0.1) is 0 Å². The highest BCUT2D eigenvalue weighted by atomic mass is 35.5. The maximum absolute atomic E-state index is 12.4. The molecule has 3 aromatic heterocycles. The third-order valence-corrected chi connectivity index (χ3v) is 7.75. The second kappa shape index (κ2) is 8.80. The van der Waals surface area contributed by atoms with Gasteiger partial charge in [-0.1, -0.05) is 47.6 Å². The van der Waals surface area contributed by atoms with Gasteiger partial charge < -0.3 is 0 Å². The maximum atomic E-state index is 12.4. The van der Waals surface area contributed by atoms with Gasteiger partial charge in [-0.25, -0.2) is 15.4 Å².